The molecule has 2 heterocycles. The fourth-order valence-corrected chi connectivity index (χ4v) is 6.98. The minimum Gasteiger partial charge on any atom is -0.459 e. The molecule has 0 bridgehead atoms. The van der Waals surface area contributed by atoms with Crippen LogP contribution in [0.1, 0.15) is 78.6 Å². The highest BCUT2D eigenvalue weighted by Gasteiger charge is 2.42. The second-order valence-electron chi connectivity index (χ2n) is 11.7. The zero-order valence-electron chi connectivity index (χ0n) is 27.8. The molecule has 1 aliphatic heterocycles. The Morgan fingerprint density at radius 2 is 1.69 bits per heavy atom. The third-order valence-corrected chi connectivity index (χ3v) is 9.64. The van der Waals surface area contributed by atoms with Crippen molar-refractivity contribution in [1.29, 1.82) is 10.5 Å². The fourth-order valence-electron chi connectivity index (χ4n) is 5.22. The van der Waals surface area contributed by atoms with Crippen LogP contribution >= 0.6 is 8.53 Å². The monoisotopic (exact) mass is 691 g/mol. The van der Waals surface area contributed by atoms with Gasteiger partial charge in [0.1, 0.15) is 30.8 Å². The van der Waals surface area contributed by atoms with Crippen molar-refractivity contribution in [3.05, 3.63) is 97.8 Å². The Morgan fingerprint density at radius 3 is 2.35 bits per heavy atom. The Morgan fingerprint density at radius 1 is 1.04 bits per heavy atom. The van der Waals surface area contributed by atoms with Crippen LogP contribution in [0.2, 0.25) is 0 Å². The summed E-state index contributed by atoms with van der Waals surface area (Å²) in [6, 6.07) is 16.2. The summed E-state index contributed by atoms with van der Waals surface area (Å²) in [6.07, 6.45) is -0.869. The maximum atomic E-state index is 13.4. The Bertz CT molecular complexity index is 1840. The highest BCUT2D eigenvalue weighted by Crippen LogP contribution is 2.50. The van der Waals surface area contributed by atoms with Crippen LogP contribution in [0, 0.1) is 29.6 Å². The van der Waals surface area contributed by atoms with Gasteiger partial charge in [-0.1, -0.05) is 24.3 Å². The zero-order chi connectivity index (χ0) is 35.7. The van der Waals surface area contributed by atoms with Gasteiger partial charge < -0.3 is 23.3 Å². The number of hydrogen-bond donors (Lipinski definition) is 1. The van der Waals surface area contributed by atoms with Crippen LogP contribution in [-0.4, -0.2) is 63.7 Å². The minimum absolute atomic E-state index is 0.00319. The number of nitriles is 2. The normalized spacial score (nSPS) is 17.9. The van der Waals surface area contributed by atoms with E-state index < -0.39 is 50.1 Å². The van der Waals surface area contributed by atoms with Gasteiger partial charge in [0, 0.05) is 30.3 Å². The van der Waals surface area contributed by atoms with E-state index in [0.717, 1.165) is 0 Å². The molecule has 0 aliphatic carbocycles. The lowest BCUT2D eigenvalue weighted by Crippen LogP contribution is -2.37. The second kappa shape index (κ2) is 17.1. The van der Waals surface area contributed by atoms with Crippen LogP contribution < -0.4 is 16.0 Å². The first-order chi connectivity index (χ1) is 23.4. The number of esters is 2. The number of carbonyl (C=O) groups is 2. The number of carbonyl (C=O) groups excluding carboxylic acids is 2. The molecule has 0 spiro atoms. The lowest BCUT2D eigenvalue weighted by atomic mass is 10.1. The number of para-hydroxylation sites is 1. The average Bonchev–Trinajstić information content (AvgIpc) is 3.47. The number of rotatable bonds is 14. The Labute approximate surface area is 284 Å². The SMILES string of the molecule is Cc1cn([C@H]2C[C@H](OP(OCCC#N)N(C(C)C)C(C)C)[C@@H](COC(=O)c3ccccc3C(=O)Oc3ccccc3C#N)O2)c(=O)[nH]c1=O. The smallest absolute Gasteiger partial charge is 0.344 e. The van der Waals surface area contributed by atoms with Crippen LogP contribution in [0.25, 0.3) is 0 Å². The third-order valence-electron chi connectivity index (χ3n) is 7.48. The van der Waals surface area contributed by atoms with Crippen LogP contribution in [0.4, 0.5) is 0 Å². The first-order valence-electron chi connectivity index (χ1n) is 15.6. The molecule has 1 aromatic heterocycles. The largest absolute Gasteiger partial charge is 0.459 e. The van der Waals surface area contributed by atoms with Gasteiger partial charge in [0.05, 0.1) is 41.9 Å². The van der Waals surface area contributed by atoms with Gasteiger partial charge in [-0.25, -0.2) is 19.1 Å². The molecule has 4 atom stereocenters. The standard InChI is InChI=1S/C34H38N5O9P/c1-21(2)39(22(3)4)49(45-16-10-15-35)48-28-17-30(38-19-23(5)31(40)37-34(38)43)46-29(28)20-44-32(41)25-12-7-8-13-26(25)33(42)47-27-14-9-6-11-24(27)18-36/h6-9,11-14,19,21-22,28-30H,10,16-17,20H2,1-5H3,(H,37,40,43)/t28-,29+,30+,49?/m0/s1. The number of aromatic nitrogens is 2. The predicted molar refractivity (Wildman–Crippen MR) is 178 cm³/mol. The molecular weight excluding hydrogens is 653 g/mol. The Kier molecular flexibility index (Phi) is 13.0. The van der Waals surface area contributed by atoms with Gasteiger partial charge in [-0.3, -0.25) is 14.3 Å². The van der Waals surface area contributed by atoms with Crippen LogP contribution in [0.15, 0.2) is 64.3 Å². The molecule has 2 aromatic carbocycles. The predicted octanol–water partition coefficient (Wildman–Crippen LogP) is 4.74. The number of H-pyrrole nitrogens is 1. The highest BCUT2D eigenvalue weighted by atomic mass is 31.2. The Balaban J connectivity index is 1.59. The summed E-state index contributed by atoms with van der Waals surface area (Å²) in [5.74, 6) is -1.66. The molecule has 4 rings (SSSR count). The molecule has 15 heteroatoms. The van der Waals surface area contributed by atoms with Crippen molar-refractivity contribution in [2.75, 3.05) is 13.2 Å². The van der Waals surface area contributed by atoms with Crippen molar-refractivity contribution in [2.45, 2.75) is 78.0 Å². The fraction of sp³-hybridized carbons (Fsp3) is 0.412. The number of benzene rings is 2. The average molecular weight is 692 g/mol. The van der Waals surface area contributed by atoms with Crippen LogP contribution in [0.3, 0.4) is 0 Å². The lowest BCUT2D eigenvalue weighted by molar-refractivity contribution is -0.0513. The molecule has 0 amide bonds. The van der Waals surface area contributed by atoms with Crippen molar-refractivity contribution >= 4 is 20.5 Å². The van der Waals surface area contributed by atoms with Gasteiger partial charge in [-0.15, -0.1) is 0 Å². The molecule has 1 aliphatic rings. The van der Waals surface area contributed by atoms with E-state index >= 15 is 0 Å². The van der Waals surface area contributed by atoms with E-state index in [4.69, 9.17) is 28.5 Å². The van der Waals surface area contributed by atoms with Gasteiger partial charge >= 0.3 is 17.6 Å². The molecule has 1 N–H and O–H groups in total. The van der Waals surface area contributed by atoms with Crippen molar-refractivity contribution < 1.29 is 32.8 Å². The first-order valence-corrected chi connectivity index (χ1v) is 16.8. The molecule has 0 radical (unpaired) electrons. The molecule has 1 unspecified atom stereocenters. The molecular formula is C34H38N5O9P. The summed E-state index contributed by atoms with van der Waals surface area (Å²) in [7, 11) is -1.74. The summed E-state index contributed by atoms with van der Waals surface area (Å²) in [5, 5.41) is 18.5. The van der Waals surface area contributed by atoms with Crippen LogP contribution in [0.5, 0.6) is 5.75 Å². The van der Waals surface area contributed by atoms with Gasteiger partial charge in [-0.05, 0) is 58.9 Å². The van der Waals surface area contributed by atoms with E-state index in [0.29, 0.717) is 5.56 Å². The maximum Gasteiger partial charge on any atom is 0.344 e. The number of aromatic amines is 1. The number of nitrogens with zero attached hydrogens (tertiary/aromatic N) is 4. The van der Waals surface area contributed by atoms with Crippen molar-refractivity contribution in [3.8, 4) is 17.9 Å². The molecule has 0 saturated carbocycles. The summed E-state index contributed by atoms with van der Waals surface area (Å²) < 4.78 is 33.3. The first kappa shape index (κ1) is 37.1. The van der Waals surface area contributed by atoms with Crippen molar-refractivity contribution in [2.24, 2.45) is 0 Å². The zero-order valence-corrected chi connectivity index (χ0v) is 28.7. The third kappa shape index (κ3) is 9.27. The van der Waals surface area contributed by atoms with E-state index in [9.17, 15) is 24.4 Å². The number of aryl methyl sites for hydroxylation is 1. The molecule has 14 nitrogen and oxygen atoms in total. The van der Waals surface area contributed by atoms with E-state index in [1.807, 2.05) is 38.4 Å². The van der Waals surface area contributed by atoms with E-state index in [2.05, 4.69) is 11.1 Å². The number of ether oxygens (including phenoxy) is 3. The van der Waals surface area contributed by atoms with Gasteiger partial charge in [0.15, 0.2) is 0 Å². The van der Waals surface area contributed by atoms with E-state index in [1.54, 1.807) is 31.2 Å². The minimum atomic E-state index is -1.74. The van der Waals surface area contributed by atoms with Crippen molar-refractivity contribution in [1.82, 2.24) is 14.2 Å². The summed E-state index contributed by atoms with van der Waals surface area (Å²) in [4.78, 5) is 53.7. The van der Waals surface area contributed by atoms with Crippen molar-refractivity contribution in [3.63, 3.8) is 0 Å². The van der Waals surface area contributed by atoms with Gasteiger partial charge in [0.25, 0.3) is 14.1 Å². The van der Waals surface area contributed by atoms with E-state index in [-0.39, 0.29) is 60.6 Å². The quantitative estimate of drug-likeness (QED) is 0.106. The summed E-state index contributed by atoms with van der Waals surface area (Å²) in [5.41, 5.74) is -0.909. The topological polar surface area (TPSA) is 186 Å². The second-order valence-corrected chi connectivity index (χ2v) is 13.1. The molecule has 258 valence electrons. The summed E-state index contributed by atoms with van der Waals surface area (Å²) in [6.45, 7) is 9.31. The van der Waals surface area contributed by atoms with E-state index in [1.165, 1.54) is 35.0 Å². The molecule has 1 saturated heterocycles. The van der Waals surface area contributed by atoms with Crippen LogP contribution in [-0.2, 0) is 18.5 Å². The number of nitrogens with one attached hydrogen (secondary N) is 1. The van der Waals surface area contributed by atoms with Gasteiger partial charge in [0.2, 0.25) is 0 Å². The van der Waals surface area contributed by atoms with Gasteiger partial charge in [-0.2, -0.15) is 10.5 Å². The number of hydrogen-bond acceptors (Lipinski definition) is 12. The molecule has 49 heavy (non-hydrogen) atoms. The molecule has 1 fully saturated rings. The highest BCUT2D eigenvalue weighted by molar-refractivity contribution is 7.44. The summed E-state index contributed by atoms with van der Waals surface area (Å²) >= 11 is 0. The maximum absolute atomic E-state index is 13.4. The Hall–Kier alpha value is -4.69. The lowest BCUT2D eigenvalue weighted by Gasteiger charge is -2.37. The molecule has 3 aromatic rings.